The Morgan fingerprint density at radius 2 is 2.00 bits per heavy atom. The normalized spacial score (nSPS) is 22.2. The second-order valence-electron chi connectivity index (χ2n) is 6.93. The average Bonchev–Trinajstić information content (AvgIpc) is 2.77. The monoisotopic (exact) mass is 313 g/mol. The third-order valence-electron chi connectivity index (χ3n) is 5.00. The van der Waals surface area contributed by atoms with Gasteiger partial charge >= 0.3 is 0 Å². The van der Waals surface area contributed by atoms with E-state index in [-0.39, 0.29) is 11.6 Å². The van der Waals surface area contributed by atoms with E-state index in [1.165, 1.54) is 0 Å². The number of hydrogen-bond donors (Lipinski definition) is 1. The van der Waals surface area contributed by atoms with Crippen LogP contribution in [0, 0.1) is 5.41 Å². The van der Waals surface area contributed by atoms with E-state index in [1.807, 2.05) is 18.8 Å². The fraction of sp³-hybridized carbons (Fsp3) is 0.812. The smallest absolute Gasteiger partial charge is 0.0888 e. The topological polar surface area (TPSA) is 39.1 Å². The molecular weight excluding hydrogens is 286 g/mol. The first-order valence-electron chi connectivity index (χ1n) is 7.81. The van der Waals surface area contributed by atoms with Crippen molar-refractivity contribution in [1.82, 2.24) is 15.1 Å². The van der Waals surface area contributed by atoms with Gasteiger partial charge in [0.05, 0.1) is 28.6 Å². The molecule has 1 aliphatic carbocycles. The van der Waals surface area contributed by atoms with Crippen LogP contribution in [0.1, 0.15) is 58.2 Å². The maximum absolute atomic E-state index is 6.39. The van der Waals surface area contributed by atoms with Gasteiger partial charge in [-0.3, -0.25) is 4.68 Å². The minimum Gasteiger partial charge on any atom is -0.376 e. The Hall–Kier alpha value is -0.580. The highest BCUT2D eigenvalue weighted by molar-refractivity contribution is 6.31. The van der Waals surface area contributed by atoms with Crippen LogP contribution in [0.4, 0.5) is 0 Å². The number of hydrogen-bond acceptors (Lipinski definition) is 3. The molecule has 1 saturated carbocycles. The molecule has 1 aromatic rings. The SMILES string of the molecule is CCNC(c1c(Cl)cnn1C)C1(OC)CCC(C)(C)CC1. The van der Waals surface area contributed by atoms with Crippen molar-refractivity contribution in [3.05, 3.63) is 16.9 Å². The van der Waals surface area contributed by atoms with Gasteiger partial charge in [-0.05, 0) is 37.6 Å². The second-order valence-corrected chi connectivity index (χ2v) is 7.33. The summed E-state index contributed by atoms with van der Waals surface area (Å²) < 4.78 is 7.93. The van der Waals surface area contributed by atoms with E-state index in [1.54, 1.807) is 6.20 Å². The molecule has 1 fully saturated rings. The molecule has 1 unspecified atom stereocenters. The quantitative estimate of drug-likeness (QED) is 0.900. The Bertz CT molecular complexity index is 454. The molecule has 0 amide bonds. The summed E-state index contributed by atoms with van der Waals surface area (Å²) in [5.74, 6) is 0. The number of rotatable bonds is 5. The summed E-state index contributed by atoms with van der Waals surface area (Å²) in [6.07, 6.45) is 6.12. The lowest BCUT2D eigenvalue weighted by atomic mass is 9.68. The Morgan fingerprint density at radius 1 is 1.38 bits per heavy atom. The Morgan fingerprint density at radius 3 is 2.43 bits per heavy atom. The zero-order valence-electron chi connectivity index (χ0n) is 13.9. The molecular formula is C16H28ClN3O. The van der Waals surface area contributed by atoms with Crippen LogP contribution in [0.15, 0.2) is 6.20 Å². The molecule has 1 aromatic heterocycles. The summed E-state index contributed by atoms with van der Waals surface area (Å²) in [6, 6.07) is 0.0728. The largest absolute Gasteiger partial charge is 0.376 e. The van der Waals surface area contributed by atoms with Gasteiger partial charge in [0.1, 0.15) is 0 Å². The Labute approximate surface area is 133 Å². The molecule has 0 aromatic carbocycles. The molecule has 4 nitrogen and oxygen atoms in total. The third kappa shape index (κ3) is 3.27. The van der Waals surface area contributed by atoms with Crippen LogP contribution < -0.4 is 5.32 Å². The molecule has 1 aliphatic rings. The molecule has 1 N–H and O–H groups in total. The van der Waals surface area contributed by atoms with E-state index in [2.05, 4.69) is 31.2 Å². The Kier molecular flexibility index (Phi) is 5.01. The number of aromatic nitrogens is 2. The van der Waals surface area contributed by atoms with Crippen LogP contribution in [0.5, 0.6) is 0 Å². The fourth-order valence-corrected chi connectivity index (χ4v) is 3.72. The molecule has 120 valence electrons. The standard InChI is InChI=1S/C16H28ClN3O/c1-6-18-14(13-12(17)11-19-20(13)4)16(21-5)9-7-15(2,3)8-10-16/h11,14,18H,6-10H2,1-5H3. The van der Waals surface area contributed by atoms with E-state index >= 15 is 0 Å². The van der Waals surface area contributed by atoms with Crippen LogP contribution in [-0.2, 0) is 11.8 Å². The summed E-state index contributed by atoms with van der Waals surface area (Å²) in [5.41, 5.74) is 1.22. The molecule has 21 heavy (non-hydrogen) atoms. The van der Waals surface area contributed by atoms with E-state index in [4.69, 9.17) is 16.3 Å². The van der Waals surface area contributed by atoms with Crippen LogP contribution in [0.3, 0.4) is 0 Å². The predicted octanol–water partition coefficient (Wildman–Crippen LogP) is 3.71. The van der Waals surface area contributed by atoms with Gasteiger partial charge in [0.15, 0.2) is 0 Å². The number of aryl methyl sites for hydroxylation is 1. The molecule has 0 radical (unpaired) electrons. The first kappa shape index (κ1) is 16.8. The average molecular weight is 314 g/mol. The summed E-state index contributed by atoms with van der Waals surface area (Å²) in [6.45, 7) is 7.67. The van der Waals surface area contributed by atoms with Crippen molar-refractivity contribution >= 4 is 11.6 Å². The highest BCUT2D eigenvalue weighted by Crippen LogP contribution is 2.48. The van der Waals surface area contributed by atoms with Gasteiger partial charge in [0, 0.05) is 14.2 Å². The van der Waals surface area contributed by atoms with Crippen molar-refractivity contribution in [2.75, 3.05) is 13.7 Å². The summed E-state index contributed by atoms with van der Waals surface area (Å²) in [7, 11) is 3.77. The lowest BCUT2D eigenvalue weighted by molar-refractivity contribution is -0.0888. The van der Waals surface area contributed by atoms with E-state index in [9.17, 15) is 0 Å². The van der Waals surface area contributed by atoms with Gasteiger partial charge in [-0.1, -0.05) is 32.4 Å². The number of methoxy groups -OCH3 is 1. The van der Waals surface area contributed by atoms with Crippen molar-refractivity contribution in [3.63, 3.8) is 0 Å². The maximum Gasteiger partial charge on any atom is 0.0888 e. The van der Waals surface area contributed by atoms with Gasteiger partial charge < -0.3 is 10.1 Å². The van der Waals surface area contributed by atoms with Crippen LogP contribution in [-0.4, -0.2) is 29.0 Å². The molecule has 0 aliphatic heterocycles. The minimum atomic E-state index is -0.205. The lowest BCUT2D eigenvalue weighted by Gasteiger charge is -2.47. The lowest BCUT2D eigenvalue weighted by Crippen LogP contribution is -2.49. The molecule has 1 atom stereocenters. The summed E-state index contributed by atoms with van der Waals surface area (Å²) >= 11 is 6.39. The van der Waals surface area contributed by atoms with Gasteiger partial charge in [0.25, 0.3) is 0 Å². The van der Waals surface area contributed by atoms with Crippen molar-refractivity contribution in [2.45, 2.75) is 58.1 Å². The molecule has 5 heteroatoms. The number of ether oxygens (including phenoxy) is 1. The van der Waals surface area contributed by atoms with Gasteiger partial charge in [-0.25, -0.2) is 0 Å². The minimum absolute atomic E-state index is 0.0728. The first-order chi connectivity index (χ1) is 9.85. The zero-order chi connectivity index (χ0) is 15.7. The first-order valence-corrected chi connectivity index (χ1v) is 8.19. The van der Waals surface area contributed by atoms with Crippen molar-refractivity contribution in [3.8, 4) is 0 Å². The van der Waals surface area contributed by atoms with Crippen LogP contribution in [0.25, 0.3) is 0 Å². The summed E-state index contributed by atoms with van der Waals surface area (Å²) in [5, 5.41) is 8.60. The Balaban J connectivity index is 2.36. The number of halogens is 1. The molecule has 2 rings (SSSR count). The summed E-state index contributed by atoms with van der Waals surface area (Å²) in [4.78, 5) is 0. The third-order valence-corrected chi connectivity index (χ3v) is 5.29. The molecule has 0 saturated heterocycles. The number of likely N-dealkylation sites (N-methyl/N-ethyl adjacent to an activating group) is 1. The molecule has 0 bridgehead atoms. The van der Waals surface area contributed by atoms with E-state index < -0.39 is 0 Å². The zero-order valence-corrected chi connectivity index (χ0v) is 14.6. The molecule has 1 heterocycles. The van der Waals surface area contributed by atoms with Crippen molar-refractivity contribution in [1.29, 1.82) is 0 Å². The van der Waals surface area contributed by atoms with Crippen LogP contribution in [0.2, 0.25) is 5.02 Å². The fourth-order valence-electron chi connectivity index (χ4n) is 3.44. The number of nitrogens with zero attached hydrogens (tertiary/aromatic N) is 2. The number of nitrogens with one attached hydrogen (secondary N) is 1. The van der Waals surface area contributed by atoms with Gasteiger partial charge in [0.2, 0.25) is 0 Å². The predicted molar refractivity (Wildman–Crippen MR) is 86.6 cm³/mol. The van der Waals surface area contributed by atoms with E-state index in [0.29, 0.717) is 10.4 Å². The van der Waals surface area contributed by atoms with Crippen LogP contribution >= 0.6 is 11.6 Å². The van der Waals surface area contributed by atoms with Crippen molar-refractivity contribution < 1.29 is 4.74 Å². The van der Waals surface area contributed by atoms with Crippen molar-refractivity contribution in [2.24, 2.45) is 12.5 Å². The molecule has 0 spiro atoms. The second kappa shape index (κ2) is 6.27. The highest BCUT2D eigenvalue weighted by Gasteiger charge is 2.46. The highest BCUT2D eigenvalue weighted by atomic mass is 35.5. The van der Waals surface area contributed by atoms with E-state index in [0.717, 1.165) is 37.9 Å². The van der Waals surface area contributed by atoms with Gasteiger partial charge in [-0.15, -0.1) is 0 Å². The maximum atomic E-state index is 6.39. The van der Waals surface area contributed by atoms with Gasteiger partial charge in [-0.2, -0.15) is 5.10 Å².